The second-order valence-corrected chi connectivity index (χ2v) is 10.3. The van der Waals surface area contributed by atoms with Gasteiger partial charge in [0.15, 0.2) is 5.60 Å². The van der Waals surface area contributed by atoms with Gasteiger partial charge in [-0.1, -0.05) is 36.4 Å². The molecule has 1 aliphatic heterocycles. The third-order valence-electron chi connectivity index (χ3n) is 7.83. The lowest BCUT2D eigenvalue weighted by molar-refractivity contribution is -0.143. The van der Waals surface area contributed by atoms with E-state index in [9.17, 15) is 14.4 Å². The number of fused-ring (bicyclic) bond motifs is 2. The van der Waals surface area contributed by atoms with Gasteiger partial charge in [0.1, 0.15) is 19.3 Å². The van der Waals surface area contributed by atoms with E-state index in [0.29, 0.717) is 31.0 Å². The first-order valence-electron chi connectivity index (χ1n) is 12.9. The number of nitrogens with one attached hydrogen (secondary N) is 1. The van der Waals surface area contributed by atoms with Crippen molar-refractivity contribution < 1.29 is 24.2 Å². The smallest absolute Gasteiger partial charge is 0.261 e. The summed E-state index contributed by atoms with van der Waals surface area (Å²) in [6, 6.07) is 14.4. The molecule has 0 bridgehead atoms. The summed E-state index contributed by atoms with van der Waals surface area (Å²) in [7, 11) is 0. The van der Waals surface area contributed by atoms with Crippen molar-refractivity contribution in [2.45, 2.75) is 56.8 Å². The molecule has 3 amide bonds. The summed E-state index contributed by atoms with van der Waals surface area (Å²) in [6.07, 6.45) is 3.34. The number of anilines is 1. The van der Waals surface area contributed by atoms with Gasteiger partial charge in [-0.15, -0.1) is 12.4 Å². The highest BCUT2D eigenvalue weighted by Crippen LogP contribution is 2.45. The van der Waals surface area contributed by atoms with E-state index >= 15 is 0 Å². The molecule has 1 saturated heterocycles. The summed E-state index contributed by atoms with van der Waals surface area (Å²) in [5.74, 6) is -0.243. The fourth-order valence-electron chi connectivity index (χ4n) is 5.42. The summed E-state index contributed by atoms with van der Waals surface area (Å²) < 4.78 is 6.11. The molecule has 1 spiro atoms. The van der Waals surface area contributed by atoms with Gasteiger partial charge >= 0.3 is 0 Å². The highest BCUT2D eigenvalue weighted by atomic mass is 35.5. The highest BCUT2D eigenvalue weighted by molar-refractivity contribution is 5.96. The number of carbonyl (C=O) groups is 3. The molecule has 1 heterocycles. The minimum absolute atomic E-state index is 0. The molecule has 4 N–H and O–H groups in total. The Kier molecular flexibility index (Phi) is 8.42. The number of ether oxygens (including phenoxy) is 1. The molecular formula is C28H35ClN4O5. The summed E-state index contributed by atoms with van der Waals surface area (Å²) in [5, 5.41) is 11.8. The zero-order valence-corrected chi connectivity index (χ0v) is 22.3. The Balaban J connectivity index is 0.00000336. The van der Waals surface area contributed by atoms with E-state index in [1.807, 2.05) is 41.3 Å². The Morgan fingerprint density at radius 1 is 1.24 bits per heavy atom. The molecule has 2 aliphatic carbocycles. The van der Waals surface area contributed by atoms with Gasteiger partial charge in [0.25, 0.3) is 5.91 Å². The maximum atomic E-state index is 13.6. The molecule has 204 valence electrons. The molecular weight excluding hydrogens is 508 g/mol. The Labute approximate surface area is 228 Å². The topological polar surface area (TPSA) is 125 Å². The van der Waals surface area contributed by atoms with Crippen LogP contribution >= 0.6 is 12.4 Å². The largest absolute Gasteiger partial charge is 0.394 e. The molecule has 3 aliphatic rings. The van der Waals surface area contributed by atoms with Crippen LogP contribution in [0.15, 0.2) is 48.5 Å². The molecule has 2 unspecified atom stereocenters. The quantitative estimate of drug-likeness (QED) is 0.446. The Bertz CT molecular complexity index is 1190. The van der Waals surface area contributed by atoms with Gasteiger partial charge in [0.05, 0.1) is 6.61 Å². The maximum Gasteiger partial charge on any atom is 0.261 e. The van der Waals surface area contributed by atoms with E-state index in [1.165, 1.54) is 4.90 Å². The number of rotatable bonds is 9. The van der Waals surface area contributed by atoms with Crippen LogP contribution in [-0.4, -0.2) is 64.6 Å². The van der Waals surface area contributed by atoms with Crippen LogP contribution in [0.4, 0.5) is 5.69 Å². The van der Waals surface area contributed by atoms with Crippen LogP contribution in [0.1, 0.15) is 42.9 Å². The molecule has 2 aromatic carbocycles. The maximum absolute atomic E-state index is 13.6. The van der Waals surface area contributed by atoms with Crippen LogP contribution in [0, 0.1) is 5.92 Å². The minimum atomic E-state index is -1.11. The van der Waals surface area contributed by atoms with Crippen LogP contribution in [0.2, 0.25) is 0 Å². The van der Waals surface area contributed by atoms with E-state index in [1.54, 1.807) is 12.1 Å². The number of nitrogens with two attached hydrogens (primary N) is 1. The predicted molar refractivity (Wildman–Crippen MR) is 144 cm³/mol. The van der Waals surface area contributed by atoms with Crippen molar-refractivity contribution in [2.24, 2.45) is 11.7 Å². The number of carbonyl (C=O) groups excluding carboxylic acids is 3. The van der Waals surface area contributed by atoms with E-state index in [-0.39, 0.29) is 43.5 Å². The first kappa shape index (κ1) is 28.0. The monoisotopic (exact) mass is 542 g/mol. The SMILES string of the molecule is C[C@@H](C1CC1)N(Cc1ccccc1)C(=O)CN1COC2(CCc3cc(NC(=O)C(N)CO)ccc32)C1=O.Cl. The lowest BCUT2D eigenvalue weighted by Crippen LogP contribution is -2.47. The van der Waals surface area contributed by atoms with Gasteiger partial charge in [-0.05, 0) is 67.3 Å². The second-order valence-electron chi connectivity index (χ2n) is 10.3. The third kappa shape index (κ3) is 5.42. The fraction of sp³-hybridized carbons (Fsp3) is 0.464. The second kappa shape index (κ2) is 11.4. The molecule has 38 heavy (non-hydrogen) atoms. The summed E-state index contributed by atoms with van der Waals surface area (Å²) in [6.45, 7) is 2.21. The van der Waals surface area contributed by atoms with Gasteiger partial charge in [0, 0.05) is 18.3 Å². The van der Waals surface area contributed by atoms with E-state index in [0.717, 1.165) is 29.5 Å². The predicted octanol–water partition coefficient (Wildman–Crippen LogP) is 2.15. The number of aliphatic hydroxyl groups is 1. The molecule has 3 atom stereocenters. The molecule has 0 aromatic heterocycles. The normalized spacial score (nSPS) is 21.6. The molecule has 9 nitrogen and oxygen atoms in total. The van der Waals surface area contributed by atoms with Crippen molar-refractivity contribution in [1.29, 1.82) is 0 Å². The number of aliphatic hydroxyl groups excluding tert-OH is 1. The number of amides is 3. The fourth-order valence-corrected chi connectivity index (χ4v) is 5.42. The summed E-state index contributed by atoms with van der Waals surface area (Å²) >= 11 is 0. The van der Waals surface area contributed by atoms with Crippen molar-refractivity contribution in [1.82, 2.24) is 9.80 Å². The molecule has 2 fully saturated rings. The van der Waals surface area contributed by atoms with Crippen LogP contribution in [0.5, 0.6) is 0 Å². The molecule has 2 aromatic rings. The number of hydrogen-bond donors (Lipinski definition) is 3. The molecule has 10 heteroatoms. The van der Waals surface area contributed by atoms with Gasteiger partial charge in [-0.3, -0.25) is 14.4 Å². The average Bonchev–Trinajstić information content (AvgIpc) is 3.64. The van der Waals surface area contributed by atoms with Crippen molar-refractivity contribution in [3.63, 3.8) is 0 Å². The van der Waals surface area contributed by atoms with Crippen LogP contribution in [0.25, 0.3) is 0 Å². The number of hydrogen-bond acceptors (Lipinski definition) is 6. The van der Waals surface area contributed by atoms with Crippen molar-refractivity contribution in [2.75, 3.05) is 25.2 Å². The standard InChI is InChI=1S/C28H34N4O5.ClH/c1-18(20-7-8-20)32(14-19-5-3-2-4-6-19)25(34)15-31-17-37-28(27(31)36)12-11-21-13-22(9-10-23(21)28)30-26(35)24(29)16-33;/h2-6,9-10,13,18,20,24,33H,7-8,11-12,14-17,29H2,1H3,(H,30,35);1H/t18-,24?,28?;/m0./s1. The number of halogens is 1. The third-order valence-corrected chi connectivity index (χ3v) is 7.83. The van der Waals surface area contributed by atoms with E-state index in [4.69, 9.17) is 15.6 Å². The Morgan fingerprint density at radius 2 is 1.97 bits per heavy atom. The van der Waals surface area contributed by atoms with Crippen LogP contribution < -0.4 is 11.1 Å². The molecule has 5 rings (SSSR count). The molecule has 1 saturated carbocycles. The van der Waals surface area contributed by atoms with E-state index < -0.39 is 24.2 Å². The average molecular weight is 543 g/mol. The van der Waals surface area contributed by atoms with Gasteiger partial charge in [-0.2, -0.15) is 0 Å². The zero-order chi connectivity index (χ0) is 26.2. The molecule has 0 radical (unpaired) electrons. The number of aryl methyl sites for hydroxylation is 1. The van der Waals surface area contributed by atoms with Gasteiger partial charge in [0.2, 0.25) is 11.8 Å². The van der Waals surface area contributed by atoms with Crippen LogP contribution in [-0.2, 0) is 37.7 Å². The number of nitrogens with zero attached hydrogens (tertiary/aromatic N) is 2. The Hall–Kier alpha value is -2.98. The van der Waals surface area contributed by atoms with Crippen molar-refractivity contribution >= 4 is 35.8 Å². The Morgan fingerprint density at radius 3 is 2.66 bits per heavy atom. The first-order chi connectivity index (χ1) is 17.8. The lowest BCUT2D eigenvalue weighted by Gasteiger charge is -2.31. The highest BCUT2D eigenvalue weighted by Gasteiger charge is 2.53. The zero-order valence-electron chi connectivity index (χ0n) is 21.5. The van der Waals surface area contributed by atoms with Crippen molar-refractivity contribution in [3.8, 4) is 0 Å². The van der Waals surface area contributed by atoms with Crippen molar-refractivity contribution in [3.05, 3.63) is 65.2 Å². The summed E-state index contributed by atoms with van der Waals surface area (Å²) in [5.41, 5.74) is 7.77. The lowest BCUT2D eigenvalue weighted by atomic mass is 9.94. The first-order valence-corrected chi connectivity index (χ1v) is 12.9. The minimum Gasteiger partial charge on any atom is -0.394 e. The number of benzene rings is 2. The van der Waals surface area contributed by atoms with E-state index in [2.05, 4.69) is 12.2 Å². The van der Waals surface area contributed by atoms with Crippen LogP contribution in [0.3, 0.4) is 0 Å². The summed E-state index contributed by atoms with van der Waals surface area (Å²) in [4.78, 5) is 42.6. The van der Waals surface area contributed by atoms with Gasteiger partial charge in [-0.25, -0.2) is 0 Å². The van der Waals surface area contributed by atoms with Gasteiger partial charge < -0.3 is 30.7 Å².